The molecule has 0 fully saturated rings. The Labute approximate surface area is 145 Å². The maximum absolute atomic E-state index is 13.0. The van der Waals surface area contributed by atoms with Gasteiger partial charge in [0, 0.05) is 10.6 Å². The van der Waals surface area contributed by atoms with E-state index in [-0.39, 0.29) is 18.1 Å². The van der Waals surface area contributed by atoms with Gasteiger partial charge in [-0.1, -0.05) is 43.6 Å². The Balaban J connectivity index is 2.55. The first-order valence-electron chi connectivity index (χ1n) is 7.81. The number of benzene rings is 1. The van der Waals surface area contributed by atoms with E-state index in [0.29, 0.717) is 23.4 Å². The Morgan fingerprint density at radius 1 is 1.42 bits per heavy atom. The Morgan fingerprint density at radius 3 is 2.62 bits per heavy atom. The first kappa shape index (κ1) is 18.4. The molecule has 130 valence electrons. The first-order chi connectivity index (χ1) is 11.4. The molecule has 1 aromatic rings. The molecule has 1 aliphatic rings. The van der Waals surface area contributed by atoms with E-state index in [0.717, 1.165) is 0 Å². The third-order valence-electron chi connectivity index (χ3n) is 4.15. The van der Waals surface area contributed by atoms with Crippen LogP contribution in [0.25, 0.3) is 0 Å². The number of ether oxygens (including phenoxy) is 1. The fourth-order valence-corrected chi connectivity index (χ4v) is 3.12. The molecular formula is C17H20ClNO5. The van der Waals surface area contributed by atoms with Crippen LogP contribution in [0.5, 0.6) is 0 Å². The number of hydrogen-bond acceptors (Lipinski definition) is 5. The van der Waals surface area contributed by atoms with Crippen LogP contribution >= 0.6 is 11.6 Å². The van der Waals surface area contributed by atoms with Crippen LogP contribution in [-0.2, 0) is 19.9 Å². The van der Waals surface area contributed by atoms with Crippen LogP contribution in [0.2, 0.25) is 5.02 Å². The molecule has 0 aliphatic carbocycles. The average Bonchev–Trinajstić information content (AvgIpc) is 2.56. The second-order valence-electron chi connectivity index (χ2n) is 5.64. The smallest absolute Gasteiger partial charge is 0.333 e. The average molecular weight is 354 g/mol. The molecule has 0 amide bonds. The number of rotatable bonds is 6. The fraction of sp³-hybridized carbons (Fsp3) is 0.471. The Kier molecular flexibility index (Phi) is 5.62. The van der Waals surface area contributed by atoms with E-state index in [1.54, 1.807) is 31.2 Å². The van der Waals surface area contributed by atoms with Crippen molar-refractivity contribution < 1.29 is 24.5 Å². The zero-order chi connectivity index (χ0) is 17.9. The molecule has 0 saturated carbocycles. The molecule has 0 radical (unpaired) electrons. The van der Waals surface area contributed by atoms with Crippen molar-refractivity contribution in [2.24, 2.45) is 4.99 Å². The summed E-state index contributed by atoms with van der Waals surface area (Å²) in [7, 11) is 0. The van der Waals surface area contributed by atoms with Gasteiger partial charge >= 0.3 is 5.97 Å². The molecule has 0 bridgehead atoms. The van der Waals surface area contributed by atoms with Crippen molar-refractivity contribution in [2.75, 3.05) is 0 Å². The number of carbonyl (C=O) groups is 2. The van der Waals surface area contributed by atoms with E-state index >= 15 is 0 Å². The Hall–Kier alpha value is -1.92. The molecule has 2 N–H and O–H groups in total. The molecular weight excluding hydrogens is 334 g/mol. The second-order valence-corrected chi connectivity index (χ2v) is 6.04. The highest BCUT2D eigenvalue weighted by Gasteiger charge is 2.47. The van der Waals surface area contributed by atoms with Crippen LogP contribution in [0.3, 0.4) is 0 Å². The quantitative estimate of drug-likeness (QED) is 0.819. The molecule has 0 saturated heterocycles. The predicted octanol–water partition coefficient (Wildman–Crippen LogP) is 2.56. The Morgan fingerprint density at radius 2 is 2.08 bits per heavy atom. The molecule has 2 rings (SSSR count). The number of carboxylic acid groups (broad SMARTS) is 1. The number of aliphatic hydroxyl groups excluding tert-OH is 1. The van der Waals surface area contributed by atoms with E-state index in [9.17, 15) is 14.7 Å². The molecule has 3 atom stereocenters. The van der Waals surface area contributed by atoms with Crippen LogP contribution in [0, 0.1) is 0 Å². The molecule has 1 heterocycles. The van der Waals surface area contributed by atoms with E-state index in [2.05, 4.69) is 4.99 Å². The van der Waals surface area contributed by atoms with Gasteiger partial charge in [0.1, 0.15) is 0 Å². The summed E-state index contributed by atoms with van der Waals surface area (Å²) in [5, 5.41) is 18.9. The minimum absolute atomic E-state index is 0.0538. The van der Waals surface area contributed by atoms with Crippen molar-refractivity contribution >= 4 is 29.3 Å². The van der Waals surface area contributed by atoms with E-state index in [1.807, 2.05) is 6.92 Å². The Bertz CT molecular complexity index is 675. The van der Waals surface area contributed by atoms with Crippen LogP contribution in [0.4, 0.5) is 0 Å². The predicted molar refractivity (Wildman–Crippen MR) is 89.3 cm³/mol. The van der Waals surface area contributed by atoms with Gasteiger partial charge in [-0.15, -0.1) is 0 Å². The SMILES string of the molecule is CCC1OC(CC(O)C(=O)O)=NC(CC)(c2ccccc2Cl)C1=O. The number of hydrogen-bond donors (Lipinski definition) is 2. The van der Waals surface area contributed by atoms with E-state index in [1.165, 1.54) is 0 Å². The monoisotopic (exact) mass is 353 g/mol. The normalized spacial score (nSPS) is 24.9. The molecule has 1 aromatic carbocycles. The van der Waals surface area contributed by atoms with Crippen LogP contribution in [0.15, 0.2) is 29.3 Å². The summed E-state index contributed by atoms with van der Waals surface area (Å²) in [5.74, 6) is -1.53. The molecule has 0 spiro atoms. The number of aliphatic imine (C=N–C) groups is 1. The molecule has 6 nitrogen and oxygen atoms in total. The summed E-state index contributed by atoms with van der Waals surface area (Å²) in [6, 6.07) is 6.94. The van der Waals surface area contributed by atoms with Gasteiger partial charge in [-0.05, 0) is 18.9 Å². The van der Waals surface area contributed by atoms with Gasteiger partial charge in [-0.2, -0.15) is 0 Å². The van der Waals surface area contributed by atoms with Crippen molar-refractivity contribution in [3.8, 4) is 0 Å². The van der Waals surface area contributed by atoms with Gasteiger partial charge in [0.2, 0.25) is 5.78 Å². The summed E-state index contributed by atoms with van der Waals surface area (Å²) < 4.78 is 5.52. The highest BCUT2D eigenvalue weighted by molar-refractivity contribution is 6.31. The molecule has 1 aliphatic heterocycles. The summed E-state index contributed by atoms with van der Waals surface area (Å²) in [6.45, 7) is 3.61. The van der Waals surface area contributed by atoms with Crippen molar-refractivity contribution in [3.05, 3.63) is 34.9 Å². The minimum atomic E-state index is -1.64. The van der Waals surface area contributed by atoms with Gasteiger partial charge in [-0.25, -0.2) is 9.79 Å². The first-order valence-corrected chi connectivity index (χ1v) is 8.19. The van der Waals surface area contributed by atoms with Crippen LogP contribution in [0.1, 0.15) is 38.7 Å². The van der Waals surface area contributed by atoms with Crippen LogP contribution < -0.4 is 0 Å². The third-order valence-corrected chi connectivity index (χ3v) is 4.48. The lowest BCUT2D eigenvalue weighted by atomic mass is 9.80. The van der Waals surface area contributed by atoms with Gasteiger partial charge in [0.05, 0.1) is 6.42 Å². The van der Waals surface area contributed by atoms with Gasteiger partial charge in [0.25, 0.3) is 0 Å². The molecule has 0 aromatic heterocycles. The maximum Gasteiger partial charge on any atom is 0.333 e. The second kappa shape index (κ2) is 7.32. The summed E-state index contributed by atoms with van der Waals surface area (Å²) in [4.78, 5) is 28.3. The fourth-order valence-electron chi connectivity index (χ4n) is 2.83. The van der Waals surface area contributed by atoms with Gasteiger partial charge in [0.15, 0.2) is 23.6 Å². The van der Waals surface area contributed by atoms with Crippen molar-refractivity contribution in [1.82, 2.24) is 0 Å². The lowest BCUT2D eigenvalue weighted by Crippen LogP contribution is -2.48. The molecule has 7 heteroatoms. The summed E-state index contributed by atoms with van der Waals surface area (Å²) in [6.07, 6.45) is -1.94. The highest BCUT2D eigenvalue weighted by Crippen LogP contribution is 2.40. The standard InChI is InChI=1S/C17H20ClNO5/c1-3-13-15(21)17(4-2,10-7-5-6-8-11(10)18)19-14(24-13)9-12(20)16(22)23/h5-8,12-13,20H,3-4,9H2,1-2H3,(H,22,23). The minimum Gasteiger partial charge on any atom is -0.479 e. The number of halogens is 1. The summed E-state index contributed by atoms with van der Waals surface area (Å²) >= 11 is 6.28. The lowest BCUT2D eigenvalue weighted by molar-refractivity contribution is -0.146. The zero-order valence-corrected chi connectivity index (χ0v) is 14.3. The number of carboxylic acids is 1. The number of Topliss-reactive ketones (excluding diaryl/α,β-unsaturated/α-hetero) is 1. The van der Waals surface area contributed by atoms with Crippen molar-refractivity contribution in [3.63, 3.8) is 0 Å². The van der Waals surface area contributed by atoms with Gasteiger partial charge < -0.3 is 14.9 Å². The molecule has 3 unspecified atom stereocenters. The van der Waals surface area contributed by atoms with E-state index in [4.69, 9.17) is 21.4 Å². The number of aliphatic carboxylic acids is 1. The summed E-state index contributed by atoms with van der Waals surface area (Å²) in [5.41, 5.74) is -0.673. The van der Waals surface area contributed by atoms with E-state index < -0.39 is 23.7 Å². The van der Waals surface area contributed by atoms with Crippen molar-refractivity contribution in [1.29, 1.82) is 0 Å². The largest absolute Gasteiger partial charge is 0.479 e. The number of carbonyl (C=O) groups excluding carboxylic acids is 1. The topological polar surface area (TPSA) is 96.2 Å². The zero-order valence-electron chi connectivity index (χ0n) is 13.5. The maximum atomic E-state index is 13.0. The molecule has 24 heavy (non-hydrogen) atoms. The van der Waals surface area contributed by atoms with Gasteiger partial charge in [-0.3, -0.25) is 4.79 Å². The highest BCUT2D eigenvalue weighted by atomic mass is 35.5. The third kappa shape index (κ3) is 3.30. The number of ketones is 1. The number of aliphatic hydroxyl groups is 1. The van der Waals surface area contributed by atoms with Crippen LogP contribution in [-0.4, -0.2) is 40.1 Å². The number of nitrogens with zero attached hydrogens (tertiary/aromatic N) is 1. The van der Waals surface area contributed by atoms with Crippen molar-refractivity contribution in [2.45, 2.75) is 50.9 Å². The lowest BCUT2D eigenvalue weighted by Gasteiger charge is -2.37.